The van der Waals surface area contributed by atoms with Gasteiger partial charge in [0.15, 0.2) is 5.82 Å². The fraction of sp³-hybridized carbons (Fsp3) is 0.500. The molecule has 1 aliphatic carbocycles. The van der Waals surface area contributed by atoms with E-state index < -0.39 is 0 Å². The van der Waals surface area contributed by atoms with Crippen molar-refractivity contribution in [2.24, 2.45) is 5.92 Å². The number of rotatable bonds is 1. The van der Waals surface area contributed by atoms with Crippen LogP contribution in [0, 0.1) is 11.7 Å². The van der Waals surface area contributed by atoms with Crippen LogP contribution in [0.2, 0.25) is 0 Å². The summed E-state index contributed by atoms with van der Waals surface area (Å²) >= 11 is 0. The number of nitrogens with zero attached hydrogens (tertiary/aromatic N) is 2. The fourth-order valence-corrected chi connectivity index (χ4v) is 2.99. The van der Waals surface area contributed by atoms with Crippen LogP contribution < -0.4 is 5.73 Å². The molecule has 1 aliphatic rings. The third-order valence-electron chi connectivity index (χ3n) is 4.05. The zero-order chi connectivity index (χ0) is 12.7. The van der Waals surface area contributed by atoms with Gasteiger partial charge in [-0.05, 0) is 43.7 Å². The van der Waals surface area contributed by atoms with E-state index >= 15 is 0 Å². The highest BCUT2D eigenvalue weighted by atomic mass is 19.1. The van der Waals surface area contributed by atoms with Crippen LogP contribution in [-0.2, 0) is 0 Å². The Morgan fingerprint density at radius 3 is 2.72 bits per heavy atom. The molecule has 0 spiro atoms. The molecule has 1 fully saturated rings. The van der Waals surface area contributed by atoms with Gasteiger partial charge in [-0.2, -0.15) is 0 Å². The lowest BCUT2D eigenvalue weighted by atomic mass is 9.87. The minimum atomic E-state index is -0.290. The molecule has 0 saturated heterocycles. The summed E-state index contributed by atoms with van der Waals surface area (Å²) in [7, 11) is 0. The predicted octanol–water partition coefficient (Wildman–Crippen LogP) is 3.51. The summed E-state index contributed by atoms with van der Waals surface area (Å²) in [5.74, 6) is 0.936. The molecule has 0 aliphatic heterocycles. The highest BCUT2D eigenvalue weighted by Crippen LogP contribution is 2.35. The molecule has 0 bridgehead atoms. The van der Waals surface area contributed by atoms with Gasteiger partial charge in [-0.1, -0.05) is 13.0 Å². The van der Waals surface area contributed by atoms with Crippen LogP contribution in [0.25, 0.3) is 11.0 Å². The minimum absolute atomic E-state index is 0.290. The van der Waals surface area contributed by atoms with Gasteiger partial charge in [0, 0.05) is 6.04 Å². The number of para-hydroxylation sites is 1. The molecule has 0 atom stereocenters. The number of anilines is 1. The van der Waals surface area contributed by atoms with Gasteiger partial charge in [-0.15, -0.1) is 0 Å². The monoisotopic (exact) mass is 247 g/mol. The van der Waals surface area contributed by atoms with Crippen LogP contribution in [0.1, 0.15) is 38.6 Å². The second kappa shape index (κ2) is 4.26. The molecule has 2 aromatic rings. The van der Waals surface area contributed by atoms with E-state index in [1.807, 2.05) is 10.6 Å². The number of hydrogen-bond donors (Lipinski definition) is 1. The number of aromatic nitrogens is 2. The Kier molecular flexibility index (Phi) is 2.73. The molecule has 1 aromatic heterocycles. The molecule has 2 N–H and O–H groups in total. The number of hydrogen-bond acceptors (Lipinski definition) is 2. The summed E-state index contributed by atoms with van der Waals surface area (Å²) in [6.45, 7) is 2.28. The van der Waals surface area contributed by atoms with Crippen LogP contribution in [0.5, 0.6) is 0 Å². The van der Waals surface area contributed by atoms with Crippen molar-refractivity contribution in [2.75, 3.05) is 5.73 Å². The zero-order valence-electron chi connectivity index (χ0n) is 10.6. The van der Waals surface area contributed by atoms with E-state index in [-0.39, 0.29) is 5.82 Å². The maximum atomic E-state index is 13.7. The lowest BCUT2D eigenvalue weighted by Gasteiger charge is -2.28. The zero-order valence-corrected chi connectivity index (χ0v) is 10.6. The largest absolute Gasteiger partial charge is 0.369 e. The Morgan fingerprint density at radius 1 is 1.28 bits per heavy atom. The van der Waals surface area contributed by atoms with Crippen LogP contribution in [0.15, 0.2) is 18.2 Å². The normalized spacial score (nSPS) is 24.6. The number of fused-ring (bicyclic) bond motifs is 1. The van der Waals surface area contributed by atoms with Crippen molar-refractivity contribution in [3.63, 3.8) is 0 Å². The van der Waals surface area contributed by atoms with Crippen LogP contribution in [0.3, 0.4) is 0 Å². The third kappa shape index (κ3) is 1.76. The van der Waals surface area contributed by atoms with Crippen molar-refractivity contribution < 1.29 is 4.39 Å². The van der Waals surface area contributed by atoms with Gasteiger partial charge in [-0.3, -0.25) is 0 Å². The van der Waals surface area contributed by atoms with Crippen molar-refractivity contribution in [2.45, 2.75) is 38.6 Å². The Morgan fingerprint density at radius 2 is 2.00 bits per heavy atom. The number of imidazole rings is 1. The molecule has 18 heavy (non-hydrogen) atoms. The maximum Gasteiger partial charge on any atom is 0.201 e. The van der Waals surface area contributed by atoms with Crippen molar-refractivity contribution in [3.8, 4) is 0 Å². The number of benzene rings is 1. The molecule has 0 radical (unpaired) electrons. The minimum Gasteiger partial charge on any atom is -0.369 e. The van der Waals surface area contributed by atoms with E-state index in [0.29, 0.717) is 17.5 Å². The molecule has 4 heteroatoms. The maximum absolute atomic E-state index is 13.7. The van der Waals surface area contributed by atoms with Gasteiger partial charge >= 0.3 is 0 Å². The molecule has 1 saturated carbocycles. The van der Waals surface area contributed by atoms with E-state index in [1.165, 1.54) is 18.9 Å². The molecular formula is C14H18FN3. The number of nitrogens with two attached hydrogens (primary N) is 1. The topological polar surface area (TPSA) is 43.8 Å². The molecule has 0 amide bonds. The fourth-order valence-electron chi connectivity index (χ4n) is 2.99. The average Bonchev–Trinajstić information content (AvgIpc) is 2.69. The molecule has 1 aromatic carbocycles. The van der Waals surface area contributed by atoms with Crippen molar-refractivity contribution in [1.82, 2.24) is 9.55 Å². The summed E-state index contributed by atoms with van der Waals surface area (Å²) in [6, 6.07) is 5.43. The molecule has 96 valence electrons. The van der Waals surface area contributed by atoms with E-state index in [2.05, 4.69) is 11.9 Å². The van der Waals surface area contributed by atoms with Crippen LogP contribution in [0.4, 0.5) is 10.3 Å². The van der Waals surface area contributed by atoms with E-state index in [4.69, 9.17) is 5.73 Å². The van der Waals surface area contributed by atoms with Gasteiger partial charge < -0.3 is 10.3 Å². The Balaban J connectivity index is 2.06. The van der Waals surface area contributed by atoms with Crippen molar-refractivity contribution >= 4 is 17.0 Å². The highest BCUT2D eigenvalue weighted by molar-refractivity contribution is 5.79. The van der Waals surface area contributed by atoms with Gasteiger partial charge in [-0.25, -0.2) is 9.37 Å². The second-order valence-corrected chi connectivity index (χ2v) is 5.36. The van der Waals surface area contributed by atoms with Crippen LogP contribution in [-0.4, -0.2) is 9.55 Å². The van der Waals surface area contributed by atoms with E-state index in [1.54, 1.807) is 6.07 Å². The van der Waals surface area contributed by atoms with Crippen molar-refractivity contribution in [1.29, 1.82) is 0 Å². The summed E-state index contributed by atoms with van der Waals surface area (Å²) in [5.41, 5.74) is 7.20. The lowest BCUT2D eigenvalue weighted by Crippen LogP contribution is -2.18. The number of nitrogen functional groups attached to an aromatic ring is 1. The summed E-state index contributed by atoms with van der Waals surface area (Å²) in [4.78, 5) is 4.17. The third-order valence-corrected chi connectivity index (χ3v) is 4.05. The van der Waals surface area contributed by atoms with E-state index in [9.17, 15) is 4.39 Å². The summed E-state index contributed by atoms with van der Waals surface area (Å²) < 4.78 is 15.7. The quantitative estimate of drug-likeness (QED) is 0.838. The average molecular weight is 247 g/mol. The Hall–Kier alpha value is -1.58. The van der Waals surface area contributed by atoms with Gasteiger partial charge in [0.05, 0.1) is 5.52 Å². The first-order valence-electron chi connectivity index (χ1n) is 6.58. The Bertz CT molecular complexity index is 568. The van der Waals surface area contributed by atoms with Gasteiger partial charge in [0.25, 0.3) is 0 Å². The first-order valence-corrected chi connectivity index (χ1v) is 6.58. The molecule has 3 rings (SSSR count). The van der Waals surface area contributed by atoms with Gasteiger partial charge in [0.1, 0.15) is 5.52 Å². The summed E-state index contributed by atoms with van der Waals surface area (Å²) in [5, 5.41) is 0. The van der Waals surface area contributed by atoms with E-state index in [0.717, 1.165) is 24.3 Å². The molecular weight excluding hydrogens is 229 g/mol. The Labute approximate surface area is 106 Å². The first kappa shape index (κ1) is 11.5. The van der Waals surface area contributed by atoms with Gasteiger partial charge in [0.2, 0.25) is 5.95 Å². The predicted molar refractivity (Wildman–Crippen MR) is 70.8 cm³/mol. The lowest BCUT2D eigenvalue weighted by molar-refractivity contribution is 0.296. The molecule has 0 unspecified atom stereocenters. The summed E-state index contributed by atoms with van der Waals surface area (Å²) in [6.07, 6.45) is 4.62. The second-order valence-electron chi connectivity index (χ2n) is 5.36. The molecule has 3 nitrogen and oxygen atoms in total. The van der Waals surface area contributed by atoms with Crippen molar-refractivity contribution in [3.05, 3.63) is 24.0 Å². The van der Waals surface area contributed by atoms with Crippen LogP contribution >= 0.6 is 0 Å². The number of halogens is 1. The SMILES string of the molecule is CC1CCC(n2c(N)nc3c(F)cccc32)CC1. The highest BCUT2D eigenvalue weighted by Gasteiger charge is 2.23. The smallest absolute Gasteiger partial charge is 0.201 e. The molecule has 1 heterocycles. The first-order chi connectivity index (χ1) is 8.66. The standard InChI is InChI=1S/C14H18FN3/c1-9-5-7-10(8-6-9)18-12-4-2-3-11(15)13(12)17-14(18)16/h2-4,9-10H,5-8H2,1H3,(H2,16,17).